The van der Waals surface area contributed by atoms with Crippen molar-refractivity contribution in [3.8, 4) is 0 Å². The van der Waals surface area contributed by atoms with E-state index in [2.05, 4.69) is 15.5 Å². The Morgan fingerprint density at radius 2 is 1.81 bits per heavy atom. The quantitative estimate of drug-likeness (QED) is 0.661. The number of carbonyl (C=O) groups excluding carboxylic acids is 1. The molecule has 0 spiro atoms. The molecule has 0 aliphatic rings. The normalized spacial score (nSPS) is 10.5. The molecule has 0 bridgehead atoms. The van der Waals surface area contributed by atoms with Gasteiger partial charge in [-0.3, -0.25) is 9.78 Å². The second kappa shape index (κ2) is 6.42. The number of hydrogen-bond donors (Lipinski definition) is 2. The van der Waals surface area contributed by atoms with Crippen LogP contribution in [-0.4, -0.2) is 28.2 Å². The van der Waals surface area contributed by atoms with Crippen LogP contribution >= 0.6 is 0 Å². The molecule has 2 aromatic rings. The van der Waals surface area contributed by atoms with Crippen LogP contribution in [0.15, 0.2) is 47.7 Å². The highest BCUT2D eigenvalue weighted by molar-refractivity contribution is 5.94. The third-order valence-electron chi connectivity index (χ3n) is 2.71. The highest BCUT2D eigenvalue weighted by Crippen LogP contribution is 2.02. The number of benzene rings is 1. The Labute approximate surface area is 121 Å². The maximum atomic E-state index is 11.7. The van der Waals surface area contributed by atoms with E-state index in [1.807, 2.05) is 6.92 Å². The molecule has 2 rings (SSSR count). The molecule has 1 heterocycles. The second-order valence-corrected chi connectivity index (χ2v) is 4.31. The fourth-order valence-electron chi connectivity index (χ4n) is 1.54. The zero-order chi connectivity index (χ0) is 15.2. The van der Waals surface area contributed by atoms with Gasteiger partial charge < -0.3 is 5.11 Å². The van der Waals surface area contributed by atoms with Gasteiger partial charge in [-0.2, -0.15) is 5.10 Å². The molecule has 0 aliphatic carbocycles. The van der Waals surface area contributed by atoms with Crippen LogP contribution in [-0.2, 0) is 0 Å². The van der Waals surface area contributed by atoms with Gasteiger partial charge in [0.25, 0.3) is 5.91 Å². The van der Waals surface area contributed by atoms with E-state index < -0.39 is 5.97 Å². The van der Waals surface area contributed by atoms with E-state index in [-0.39, 0.29) is 11.5 Å². The van der Waals surface area contributed by atoms with E-state index in [0.29, 0.717) is 11.1 Å². The zero-order valence-corrected chi connectivity index (χ0v) is 11.3. The largest absolute Gasteiger partial charge is 0.478 e. The van der Waals surface area contributed by atoms with Crippen molar-refractivity contribution in [2.24, 2.45) is 5.10 Å². The molecule has 1 amide bonds. The van der Waals surface area contributed by atoms with Crippen LogP contribution in [0.5, 0.6) is 0 Å². The first kappa shape index (κ1) is 14.4. The number of carbonyl (C=O) groups is 2. The van der Waals surface area contributed by atoms with Crippen molar-refractivity contribution in [3.05, 3.63) is 65.0 Å². The molecule has 6 heteroatoms. The smallest absolute Gasteiger partial charge is 0.335 e. The number of pyridine rings is 1. The van der Waals surface area contributed by atoms with E-state index >= 15 is 0 Å². The van der Waals surface area contributed by atoms with Crippen LogP contribution in [0.3, 0.4) is 0 Å². The van der Waals surface area contributed by atoms with Crippen LogP contribution < -0.4 is 5.43 Å². The first-order valence-electron chi connectivity index (χ1n) is 6.15. The number of aryl methyl sites for hydroxylation is 1. The number of hydrogen-bond acceptors (Lipinski definition) is 4. The first-order valence-corrected chi connectivity index (χ1v) is 6.15. The number of nitrogens with zero attached hydrogens (tertiary/aromatic N) is 2. The van der Waals surface area contributed by atoms with Crippen LogP contribution in [0.2, 0.25) is 0 Å². The van der Waals surface area contributed by atoms with Crippen molar-refractivity contribution >= 4 is 18.1 Å². The summed E-state index contributed by atoms with van der Waals surface area (Å²) in [6.07, 6.45) is 2.91. The Hall–Kier alpha value is -3.02. The van der Waals surface area contributed by atoms with Crippen LogP contribution in [0.4, 0.5) is 0 Å². The van der Waals surface area contributed by atoms with Crippen molar-refractivity contribution in [2.75, 3.05) is 0 Å². The third kappa shape index (κ3) is 3.97. The summed E-state index contributed by atoms with van der Waals surface area (Å²) < 4.78 is 0. The Bertz CT molecular complexity index is 676. The molecule has 0 radical (unpaired) electrons. The predicted octanol–water partition coefficient (Wildman–Crippen LogP) is 1.85. The number of hydrazone groups is 1. The molecule has 1 aromatic carbocycles. The lowest BCUT2D eigenvalue weighted by molar-refractivity contribution is 0.0696. The third-order valence-corrected chi connectivity index (χ3v) is 2.71. The molecule has 0 aliphatic heterocycles. The van der Waals surface area contributed by atoms with Gasteiger partial charge in [0.05, 0.1) is 17.3 Å². The summed E-state index contributed by atoms with van der Waals surface area (Å²) in [5, 5.41) is 12.6. The van der Waals surface area contributed by atoms with Crippen molar-refractivity contribution in [1.29, 1.82) is 0 Å². The monoisotopic (exact) mass is 283 g/mol. The molecule has 6 nitrogen and oxygen atoms in total. The average Bonchev–Trinajstić information content (AvgIpc) is 2.48. The molecule has 106 valence electrons. The van der Waals surface area contributed by atoms with E-state index in [9.17, 15) is 9.59 Å². The number of amides is 1. The number of nitrogens with one attached hydrogen (secondary N) is 1. The van der Waals surface area contributed by atoms with Crippen molar-refractivity contribution in [3.63, 3.8) is 0 Å². The molecule has 0 atom stereocenters. The number of rotatable bonds is 4. The highest BCUT2D eigenvalue weighted by atomic mass is 16.4. The van der Waals surface area contributed by atoms with Crippen molar-refractivity contribution in [1.82, 2.24) is 10.4 Å². The number of carboxylic acid groups (broad SMARTS) is 1. The maximum absolute atomic E-state index is 11.7. The summed E-state index contributed by atoms with van der Waals surface area (Å²) >= 11 is 0. The molecule has 2 N–H and O–H groups in total. The fourth-order valence-corrected chi connectivity index (χ4v) is 1.54. The Morgan fingerprint density at radius 1 is 1.14 bits per heavy atom. The number of carboxylic acids is 1. The summed E-state index contributed by atoms with van der Waals surface area (Å²) in [7, 11) is 0. The standard InChI is InChI=1S/C15H13N3O3/c1-10-2-5-13(9-16-10)14(19)18-17-8-11-3-6-12(7-4-11)15(20)21/h2-9H,1H3,(H,18,19)(H,20,21)/b17-8+. The summed E-state index contributed by atoms with van der Waals surface area (Å²) in [5.74, 6) is -1.35. The van der Waals surface area contributed by atoms with Crippen LogP contribution in [0.1, 0.15) is 32.0 Å². The maximum Gasteiger partial charge on any atom is 0.335 e. The topological polar surface area (TPSA) is 91.7 Å². The van der Waals surface area contributed by atoms with Crippen molar-refractivity contribution < 1.29 is 14.7 Å². The highest BCUT2D eigenvalue weighted by Gasteiger charge is 2.04. The van der Waals surface area contributed by atoms with Gasteiger partial charge in [-0.1, -0.05) is 12.1 Å². The average molecular weight is 283 g/mol. The van der Waals surface area contributed by atoms with Crippen molar-refractivity contribution in [2.45, 2.75) is 6.92 Å². The molecule has 1 aromatic heterocycles. The molecule has 0 saturated carbocycles. The van der Waals surface area contributed by atoms with E-state index in [4.69, 9.17) is 5.11 Å². The zero-order valence-electron chi connectivity index (χ0n) is 11.3. The second-order valence-electron chi connectivity index (χ2n) is 4.31. The molecule has 21 heavy (non-hydrogen) atoms. The minimum Gasteiger partial charge on any atom is -0.478 e. The van der Waals surface area contributed by atoms with Gasteiger partial charge >= 0.3 is 5.97 Å². The Balaban J connectivity index is 1.97. The molecular formula is C15H13N3O3. The first-order chi connectivity index (χ1) is 10.1. The Kier molecular flexibility index (Phi) is 4.40. The van der Waals surface area contributed by atoms with Gasteiger partial charge in [0.2, 0.25) is 0 Å². The number of aromatic carboxylic acids is 1. The van der Waals surface area contributed by atoms with Gasteiger partial charge in [-0.05, 0) is 36.8 Å². The SMILES string of the molecule is Cc1ccc(C(=O)N/N=C/c2ccc(C(=O)O)cc2)cn1. The summed E-state index contributed by atoms with van der Waals surface area (Å²) in [5.41, 5.74) is 4.50. The lowest BCUT2D eigenvalue weighted by Crippen LogP contribution is -2.17. The van der Waals surface area contributed by atoms with E-state index in [1.165, 1.54) is 24.5 Å². The molecule has 0 unspecified atom stereocenters. The van der Waals surface area contributed by atoms with Gasteiger partial charge in [-0.25, -0.2) is 10.2 Å². The Morgan fingerprint density at radius 3 is 2.38 bits per heavy atom. The van der Waals surface area contributed by atoms with Gasteiger partial charge in [0, 0.05) is 11.9 Å². The van der Waals surface area contributed by atoms with Gasteiger partial charge in [0.15, 0.2) is 0 Å². The fraction of sp³-hybridized carbons (Fsp3) is 0.0667. The van der Waals surface area contributed by atoms with Gasteiger partial charge in [-0.15, -0.1) is 0 Å². The van der Waals surface area contributed by atoms with Crippen LogP contribution in [0, 0.1) is 6.92 Å². The summed E-state index contributed by atoms with van der Waals surface area (Å²) in [4.78, 5) is 26.5. The van der Waals surface area contributed by atoms with E-state index in [1.54, 1.807) is 24.3 Å². The van der Waals surface area contributed by atoms with E-state index in [0.717, 1.165) is 5.69 Å². The predicted molar refractivity (Wildman–Crippen MR) is 77.4 cm³/mol. The molecular weight excluding hydrogens is 270 g/mol. The lowest BCUT2D eigenvalue weighted by atomic mass is 10.1. The summed E-state index contributed by atoms with van der Waals surface area (Å²) in [6.45, 7) is 1.83. The molecule has 0 saturated heterocycles. The minimum absolute atomic E-state index is 0.196. The minimum atomic E-state index is -0.987. The molecule has 0 fully saturated rings. The van der Waals surface area contributed by atoms with Crippen LogP contribution in [0.25, 0.3) is 0 Å². The summed E-state index contributed by atoms with van der Waals surface area (Å²) in [6, 6.07) is 9.54. The number of aromatic nitrogens is 1. The lowest BCUT2D eigenvalue weighted by Gasteiger charge is -2.00. The van der Waals surface area contributed by atoms with Gasteiger partial charge in [0.1, 0.15) is 0 Å².